The molecule has 1 aliphatic heterocycles. The highest BCUT2D eigenvalue weighted by atomic mass is 16.2. The molecule has 0 aromatic rings. The van der Waals surface area contributed by atoms with E-state index in [1.807, 2.05) is 0 Å². The number of hydrogen-bond acceptors (Lipinski definition) is 4. The number of nitrogens with two attached hydrogens (primary N) is 1. The van der Waals surface area contributed by atoms with E-state index in [2.05, 4.69) is 0 Å². The molecule has 19 heavy (non-hydrogen) atoms. The Bertz CT molecular complexity index is 405. The van der Waals surface area contributed by atoms with Crippen LogP contribution in [0.3, 0.4) is 0 Å². The molecule has 0 spiro atoms. The number of hydrogen-bond donors (Lipinski definition) is 1. The molecule has 2 rings (SSSR count). The third-order valence-electron chi connectivity index (χ3n) is 3.88. The van der Waals surface area contributed by atoms with Crippen molar-refractivity contribution in [2.75, 3.05) is 13.6 Å². The van der Waals surface area contributed by atoms with Gasteiger partial charge in [0.2, 0.25) is 5.91 Å². The zero-order chi connectivity index (χ0) is 14.0. The molecule has 3 amide bonds. The van der Waals surface area contributed by atoms with Crippen molar-refractivity contribution in [1.29, 1.82) is 0 Å². The summed E-state index contributed by atoms with van der Waals surface area (Å²) in [6.07, 6.45) is 5.85. The quantitative estimate of drug-likeness (QED) is 0.338. The van der Waals surface area contributed by atoms with Crippen molar-refractivity contribution < 1.29 is 14.4 Å². The van der Waals surface area contributed by atoms with E-state index in [4.69, 9.17) is 5.84 Å². The van der Waals surface area contributed by atoms with Crippen LogP contribution in [0.2, 0.25) is 0 Å². The molecule has 1 saturated carbocycles. The second-order valence-electron chi connectivity index (χ2n) is 5.29. The van der Waals surface area contributed by atoms with E-state index in [1.54, 1.807) is 7.05 Å². The SMILES string of the molecule is CN(N)C(=O)C1CCC(CN2C(=O)C=CC2=O)CC1. The smallest absolute Gasteiger partial charge is 0.253 e. The molecule has 0 aromatic carbocycles. The molecule has 0 unspecified atom stereocenters. The number of imide groups is 1. The minimum Gasteiger partial charge on any atom is -0.284 e. The van der Waals surface area contributed by atoms with Gasteiger partial charge in [0.05, 0.1) is 0 Å². The van der Waals surface area contributed by atoms with E-state index in [9.17, 15) is 14.4 Å². The van der Waals surface area contributed by atoms with Crippen molar-refractivity contribution in [3.05, 3.63) is 12.2 Å². The summed E-state index contributed by atoms with van der Waals surface area (Å²) in [5.41, 5.74) is 0. The van der Waals surface area contributed by atoms with E-state index in [-0.39, 0.29) is 23.6 Å². The average molecular weight is 265 g/mol. The molecule has 0 atom stereocenters. The minimum absolute atomic E-state index is 0.0191. The molecule has 2 N–H and O–H groups in total. The van der Waals surface area contributed by atoms with Gasteiger partial charge in [0.1, 0.15) is 0 Å². The van der Waals surface area contributed by atoms with Crippen molar-refractivity contribution in [1.82, 2.24) is 9.91 Å². The maximum absolute atomic E-state index is 11.7. The standard InChI is InChI=1S/C13H19N3O3/c1-15(14)13(19)10-4-2-9(3-5-10)8-16-11(17)6-7-12(16)18/h6-7,9-10H,2-5,8,14H2,1H3. The van der Waals surface area contributed by atoms with Crippen molar-refractivity contribution in [2.24, 2.45) is 17.7 Å². The summed E-state index contributed by atoms with van der Waals surface area (Å²) < 4.78 is 0. The van der Waals surface area contributed by atoms with Crippen LogP contribution < -0.4 is 5.84 Å². The van der Waals surface area contributed by atoms with Crippen molar-refractivity contribution in [3.63, 3.8) is 0 Å². The van der Waals surface area contributed by atoms with Crippen molar-refractivity contribution >= 4 is 17.7 Å². The molecule has 1 aliphatic carbocycles. The van der Waals surface area contributed by atoms with Crippen LogP contribution in [-0.4, -0.2) is 41.2 Å². The van der Waals surface area contributed by atoms with Crippen LogP contribution in [0.15, 0.2) is 12.2 Å². The molecular weight excluding hydrogens is 246 g/mol. The first-order chi connectivity index (χ1) is 8.99. The summed E-state index contributed by atoms with van der Waals surface area (Å²) in [4.78, 5) is 35.9. The second kappa shape index (κ2) is 5.52. The van der Waals surface area contributed by atoms with Gasteiger partial charge >= 0.3 is 0 Å². The largest absolute Gasteiger partial charge is 0.284 e. The maximum atomic E-state index is 11.7. The Labute approximate surface area is 112 Å². The molecule has 104 valence electrons. The lowest BCUT2D eigenvalue weighted by molar-refractivity contribution is -0.139. The average Bonchev–Trinajstić information content (AvgIpc) is 2.70. The lowest BCUT2D eigenvalue weighted by Crippen LogP contribution is -2.41. The summed E-state index contributed by atoms with van der Waals surface area (Å²) >= 11 is 0. The highest BCUT2D eigenvalue weighted by molar-refractivity contribution is 6.12. The fourth-order valence-corrected chi connectivity index (χ4v) is 2.75. The van der Waals surface area contributed by atoms with Crippen LogP contribution >= 0.6 is 0 Å². The number of nitrogens with zero attached hydrogens (tertiary/aromatic N) is 2. The summed E-state index contributed by atoms with van der Waals surface area (Å²) in [6, 6.07) is 0. The monoisotopic (exact) mass is 265 g/mol. The molecule has 0 radical (unpaired) electrons. The van der Waals surface area contributed by atoms with Crippen LogP contribution in [0.4, 0.5) is 0 Å². The van der Waals surface area contributed by atoms with E-state index in [0.29, 0.717) is 12.5 Å². The van der Waals surface area contributed by atoms with Crippen molar-refractivity contribution in [3.8, 4) is 0 Å². The molecule has 0 saturated heterocycles. The van der Waals surface area contributed by atoms with Gasteiger partial charge in [0.15, 0.2) is 0 Å². The van der Waals surface area contributed by atoms with Gasteiger partial charge in [-0.25, -0.2) is 5.84 Å². The molecular formula is C13H19N3O3. The van der Waals surface area contributed by atoms with Crippen molar-refractivity contribution in [2.45, 2.75) is 25.7 Å². The number of amides is 3. The molecule has 1 heterocycles. The third kappa shape index (κ3) is 3.01. The Hall–Kier alpha value is -1.69. The molecule has 6 nitrogen and oxygen atoms in total. The lowest BCUT2D eigenvalue weighted by atomic mass is 9.81. The first kappa shape index (κ1) is 13.7. The van der Waals surface area contributed by atoms with Crippen LogP contribution in [0, 0.1) is 11.8 Å². The summed E-state index contributed by atoms with van der Waals surface area (Å²) in [5, 5.41) is 1.14. The molecule has 0 bridgehead atoms. The van der Waals surface area contributed by atoms with Gasteiger partial charge in [0, 0.05) is 31.7 Å². The van der Waals surface area contributed by atoms with Crippen LogP contribution in [0.1, 0.15) is 25.7 Å². The van der Waals surface area contributed by atoms with E-state index < -0.39 is 0 Å². The van der Waals surface area contributed by atoms with E-state index >= 15 is 0 Å². The van der Waals surface area contributed by atoms with Gasteiger partial charge in [-0.2, -0.15) is 0 Å². The lowest BCUT2D eigenvalue weighted by Gasteiger charge is -2.30. The third-order valence-corrected chi connectivity index (χ3v) is 3.88. The maximum Gasteiger partial charge on any atom is 0.253 e. The van der Waals surface area contributed by atoms with Gasteiger partial charge in [-0.3, -0.25) is 24.3 Å². The molecule has 6 heteroatoms. The fourth-order valence-electron chi connectivity index (χ4n) is 2.75. The Morgan fingerprint density at radius 1 is 1.26 bits per heavy atom. The summed E-state index contributed by atoms with van der Waals surface area (Å²) in [7, 11) is 1.56. The Kier molecular flexibility index (Phi) is 3.99. The number of hydrazine groups is 1. The second-order valence-corrected chi connectivity index (χ2v) is 5.29. The minimum atomic E-state index is -0.232. The van der Waals surface area contributed by atoms with Gasteiger partial charge in [0.25, 0.3) is 11.8 Å². The first-order valence-corrected chi connectivity index (χ1v) is 6.55. The number of carbonyl (C=O) groups excluding carboxylic acids is 3. The molecule has 0 aromatic heterocycles. The van der Waals surface area contributed by atoms with Gasteiger partial charge in [-0.1, -0.05) is 0 Å². The molecule has 2 aliphatic rings. The number of carbonyl (C=O) groups is 3. The van der Waals surface area contributed by atoms with Crippen LogP contribution in [-0.2, 0) is 14.4 Å². The normalized spacial score (nSPS) is 26.9. The number of rotatable bonds is 3. The van der Waals surface area contributed by atoms with Gasteiger partial charge in [-0.15, -0.1) is 0 Å². The van der Waals surface area contributed by atoms with Gasteiger partial charge in [-0.05, 0) is 31.6 Å². The predicted molar refractivity (Wildman–Crippen MR) is 68.3 cm³/mol. The van der Waals surface area contributed by atoms with Crippen LogP contribution in [0.25, 0.3) is 0 Å². The fraction of sp³-hybridized carbons (Fsp3) is 0.615. The Balaban J connectivity index is 1.82. The highest BCUT2D eigenvalue weighted by Gasteiger charge is 2.31. The van der Waals surface area contributed by atoms with E-state index in [1.165, 1.54) is 17.1 Å². The Morgan fingerprint density at radius 3 is 2.26 bits per heavy atom. The van der Waals surface area contributed by atoms with Crippen LogP contribution in [0.5, 0.6) is 0 Å². The molecule has 1 fully saturated rings. The summed E-state index contributed by atoms with van der Waals surface area (Å²) in [5.74, 6) is 5.22. The summed E-state index contributed by atoms with van der Waals surface area (Å²) in [6.45, 7) is 0.462. The topological polar surface area (TPSA) is 83.7 Å². The zero-order valence-corrected chi connectivity index (χ0v) is 11.0. The highest BCUT2D eigenvalue weighted by Crippen LogP contribution is 2.30. The van der Waals surface area contributed by atoms with E-state index in [0.717, 1.165) is 30.7 Å². The van der Waals surface area contributed by atoms with Gasteiger partial charge < -0.3 is 0 Å². The zero-order valence-electron chi connectivity index (χ0n) is 11.0. The first-order valence-electron chi connectivity index (χ1n) is 6.55. The Morgan fingerprint density at radius 2 is 1.79 bits per heavy atom. The predicted octanol–water partition coefficient (Wildman–Crippen LogP) is 0.0499.